The van der Waals surface area contributed by atoms with E-state index in [9.17, 15) is 0 Å². The first-order chi connectivity index (χ1) is 5.72. The summed E-state index contributed by atoms with van der Waals surface area (Å²) >= 11 is 0. The van der Waals surface area contributed by atoms with Gasteiger partial charge in [-0.2, -0.15) is 13.8 Å². The van der Waals surface area contributed by atoms with Gasteiger partial charge in [-0.05, 0) is 6.33 Å². The molecule has 0 amide bonds. The fourth-order valence-corrected chi connectivity index (χ4v) is 0.585. The van der Waals surface area contributed by atoms with Crippen LogP contribution in [0.25, 0.3) is 0 Å². The zero-order valence-electron chi connectivity index (χ0n) is 8.61. The van der Waals surface area contributed by atoms with E-state index in [0.29, 0.717) is 5.92 Å². The SMILES string of the molecule is CC(C)c1c[c-]ncn1.C[CH-]C.[W+2]. The first-order valence-corrected chi connectivity index (χ1v) is 4.14. The Hall–Kier alpha value is -0.232. The minimum Gasteiger partial charge on any atom is -0.376 e. The van der Waals surface area contributed by atoms with E-state index < -0.39 is 0 Å². The first kappa shape index (κ1) is 15.2. The molecule has 0 bridgehead atoms. The Balaban J connectivity index is 0. The fraction of sp³-hybridized carbons (Fsp3) is 0.500. The van der Waals surface area contributed by atoms with Gasteiger partial charge in [0.25, 0.3) is 0 Å². The zero-order valence-corrected chi connectivity index (χ0v) is 11.5. The summed E-state index contributed by atoms with van der Waals surface area (Å²) in [5.74, 6) is 0.476. The second-order valence-electron chi connectivity index (χ2n) is 2.80. The van der Waals surface area contributed by atoms with Gasteiger partial charge in [0.1, 0.15) is 0 Å². The Morgan fingerprint density at radius 1 is 1.38 bits per heavy atom. The Labute approximate surface area is 95.5 Å². The smallest absolute Gasteiger partial charge is 0.376 e. The monoisotopic (exact) mass is 348 g/mol. The van der Waals surface area contributed by atoms with Gasteiger partial charge in [0, 0.05) is 0 Å². The maximum Gasteiger partial charge on any atom is 2.00 e. The minimum absolute atomic E-state index is 0. The van der Waals surface area contributed by atoms with Gasteiger partial charge in [0.15, 0.2) is 0 Å². The van der Waals surface area contributed by atoms with E-state index in [-0.39, 0.29) is 21.1 Å². The predicted molar refractivity (Wildman–Crippen MR) is 50.6 cm³/mol. The second-order valence-corrected chi connectivity index (χ2v) is 2.80. The summed E-state index contributed by atoms with van der Waals surface area (Å²) in [5.41, 5.74) is 1.05. The zero-order chi connectivity index (χ0) is 9.40. The quantitative estimate of drug-likeness (QED) is 0.730. The first-order valence-electron chi connectivity index (χ1n) is 4.14. The van der Waals surface area contributed by atoms with E-state index in [0.717, 1.165) is 5.69 Å². The number of hydrogen-bond donors (Lipinski definition) is 0. The van der Waals surface area contributed by atoms with Crippen molar-refractivity contribution in [1.82, 2.24) is 9.97 Å². The van der Waals surface area contributed by atoms with Crippen LogP contribution in [-0.4, -0.2) is 9.97 Å². The van der Waals surface area contributed by atoms with Crippen LogP contribution in [0, 0.1) is 12.6 Å². The van der Waals surface area contributed by atoms with Crippen LogP contribution in [0.4, 0.5) is 0 Å². The molecule has 0 radical (unpaired) electrons. The van der Waals surface area contributed by atoms with Crippen LogP contribution in [0.3, 0.4) is 0 Å². The van der Waals surface area contributed by atoms with Crippen molar-refractivity contribution in [2.24, 2.45) is 0 Å². The molecule has 13 heavy (non-hydrogen) atoms. The Bertz CT molecular complexity index is 187. The molecule has 0 atom stereocenters. The maximum atomic E-state index is 4.04. The Kier molecular flexibility index (Phi) is 11.6. The van der Waals surface area contributed by atoms with Crippen LogP contribution in [0.1, 0.15) is 39.3 Å². The van der Waals surface area contributed by atoms with E-state index >= 15 is 0 Å². The van der Waals surface area contributed by atoms with Crippen LogP contribution >= 0.6 is 0 Å². The van der Waals surface area contributed by atoms with E-state index in [1.807, 2.05) is 26.3 Å². The molecule has 72 valence electrons. The van der Waals surface area contributed by atoms with Crippen molar-refractivity contribution in [3.8, 4) is 0 Å². The van der Waals surface area contributed by atoms with Gasteiger partial charge in [-0.3, -0.25) is 0 Å². The van der Waals surface area contributed by atoms with Crippen molar-refractivity contribution in [3.05, 3.63) is 30.7 Å². The van der Waals surface area contributed by atoms with Gasteiger partial charge in [-0.15, -0.1) is 6.07 Å². The molecule has 2 nitrogen and oxygen atoms in total. The molecular weight excluding hydrogens is 332 g/mol. The molecule has 1 heterocycles. The van der Waals surface area contributed by atoms with Gasteiger partial charge in [-0.25, -0.2) is 0 Å². The van der Waals surface area contributed by atoms with Crippen LogP contribution in [-0.2, 0) is 21.1 Å². The third-order valence-electron chi connectivity index (χ3n) is 1.14. The van der Waals surface area contributed by atoms with E-state index in [1.54, 1.807) is 0 Å². The molecule has 0 unspecified atom stereocenters. The summed E-state index contributed by atoms with van der Waals surface area (Å²) in [6, 6.07) is 1.81. The van der Waals surface area contributed by atoms with E-state index in [2.05, 4.69) is 30.0 Å². The van der Waals surface area contributed by atoms with Crippen molar-refractivity contribution in [1.29, 1.82) is 0 Å². The van der Waals surface area contributed by atoms with Crippen LogP contribution in [0.2, 0.25) is 0 Å². The third-order valence-corrected chi connectivity index (χ3v) is 1.14. The number of nitrogens with zero attached hydrogens (tertiary/aromatic N) is 2. The van der Waals surface area contributed by atoms with Crippen molar-refractivity contribution in [3.63, 3.8) is 0 Å². The summed E-state index contributed by atoms with van der Waals surface area (Å²) in [4.78, 5) is 7.73. The molecule has 0 N–H and O–H groups in total. The topological polar surface area (TPSA) is 25.8 Å². The van der Waals surface area contributed by atoms with Gasteiger partial charge >= 0.3 is 21.1 Å². The van der Waals surface area contributed by atoms with Gasteiger partial charge in [-0.1, -0.05) is 31.7 Å². The normalized spacial score (nSPS) is 8.38. The summed E-state index contributed by atoms with van der Waals surface area (Å²) in [7, 11) is 0. The molecule has 3 heteroatoms. The van der Waals surface area contributed by atoms with Crippen LogP contribution < -0.4 is 0 Å². The average Bonchev–Trinajstić information content (AvgIpc) is 2.07. The molecule has 0 aliphatic rings. The van der Waals surface area contributed by atoms with E-state index in [1.165, 1.54) is 6.33 Å². The van der Waals surface area contributed by atoms with E-state index in [4.69, 9.17) is 0 Å². The van der Waals surface area contributed by atoms with Gasteiger partial charge in [0.2, 0.25) is 0 Å². The average molecular weight is 348 g/mol. The molecular formula is C10H16N2W. The minimum atomic E-state index is 0. The summed E-state index contributed by atoms with van der Waals surface area (Å²) < 4.78 is 0. The molecule has 0 aliphatic heterocycles. The van der Waals surface area contributed by atoms with Crippen LogP contribution in [0.15, 0.2) is 12.4 Å². The fourth-order valence-electron chi connectivity index (χ4n) is 0.585. The van der Waals surface area contributed by atoms with Gasteiger partial charge < -0.3 is 16.4 Å². The predicted octanol–water partition coefficient (Wildman–Crippen LogP) is 2.63. The molecule has 0 saturated heterocycles. The van der Waals surface area contributed by atoms with Crippen LogP contribution in [0.5, 0.6) is 0 Å². The third kappa shape index (κ3) is 8.11. The Morgan fingerprint density at radius 2 is 1.92 bits per heavy atom. The number of rotatable bonds is 1. The molecule has 0 aromatic carbocycles. The molecule has 1 rings (SSSR count). The van der Waals surface area contributed by atoms with Crippen molar-refractivity contribution < 1.29 is 21.1 Å². The summed E-state index contributed by atoms with van der Waals surface area (Å²) in [6.07, 6.45) is 6.25. The van der Waals surface area contributed by atoms with Crippen molar-refractivity contribution in [2.45, 2.75) is 33.6 Å². The maximum absolute atomic E-state index is 4.04. The molecule has 0 fully saturated rings. The molecule has 1 aromatic heterocycles. The molecule has 1 aromatic rings. The molecule has 0 saturated carbocycles. The van der Waals surface area contributed by atoms with Crippen molar-refractivity contribution in [2.75, 3.05) is 0 Å². The largest absolute Gasteiger partial charge is 2.00 e. The van der Waals surface area contributed by atoms with Crippen molar-refractivity contribution >= 4 is 0 Å². The second kappa shape index (κ2) is 9.85. The Morgan fingerprint density at radius 3 is 2.15 bits per heavy atom. The standard InChI is InChI=1S/C7H9N2.C3H7.W/c1-6(2)7-3-4-8-5-9-7;1-3-2;/h3,5-6H,1-2H3;3H,1-2H3;/q2*-1;+2. The summed E-state index contributed by atoms with van der Waals surface area (Å²) in [5, 5.41) is 0. The number of hydrogen-bond acceptors (Lipinski definition) is 2. The van der Waals surface area contributed by atoms with Gasteiger partial charge in [0.05, 0.1) is 0 Å². The summed E-state index contributed by atoms with van der Waals surface area (Å²) in [6.45, 7) is 8.19. The molecule has 0 aliphatic carbocycles. The molecule has 0 spiro atoms. The number of aromatic nitrogens is 2.